The number of rotatable bonds is 0. The second kappa shape index (κ2) is 3.25. The molecule has 0 spiro atoms. The summed E-state index contributed by atoms with van der Waals surface area (Å²) in [6.07, 6.45) is -4.23. The number of aliphatic hydroxyl groups excluding tert-OH is 3. The maximum Gasteiger partial charge on any atom is 0.183 e. The molecule has 5 atom stereocenters. The average molecular weight is 183 g/mol. The van der Waals surface area contributed by atoms with E-state index in [1.165, 1.54) is 0 Å². The Balaban J connectivity index is 2.63. The van der Waals surface area contributed by atoms with Gasteiger partial charge in [0.05, 0.1) is 11.5 Å². The number of aliphatic hydroxyl groups is 3. The molecule has 11 heavy (non-hydrogen) atoms. The summed E-state index contributed by atoms with van der Waals surface area (Å²) in [6, 6.07) is 0. The number of alkyl halides is 1. The Bertz CT molecular complexity index is 129. The standard InChI is InChI=1S/C6H11ClO4/c1-2-3(7)4(8)5(9)6(10)11-2/h2-6,8-10H,1H3/t2-,3+,4+,5-,6-/m1/s1. The summed E-state index contributed by atoms with van der Waals surface area (Å²) in [6.45, 7) is 1.62. The van der Waals surface area contributed by atoms with Crippen molar-refractivity contribution in [2.45, 2.75) is 36.9 Å². The minimum Gasteiger partial charge on any atom is -0.389 e. The van der Waals surface area contributed by atoms with Crippen molar-refractivity contribution in [1.29, 1.82) is 0 Å². The summed E-state index contributed by atoms with van der Waals surface area (Å²) < 4.78 is 4.79. The molecule has 66 valence electrons. The van der Waals surface area contributed by atoms with E-state index in [9.17, 15) is 0 Å². The number of ether oxygens (including phenoxy) is 1. The van der Waals surface area contributed by atoms with E-state index in [1.807, 2.05) is 0 Å². The van der Waals surface area contributed by atoms with Gasteiger partial charge in [-0.2, -0.15) is 0 Å². The van der Waals surface area contributed by atoms with E-state index >= 15 is 0 Å². The minimum atomic E-state index is -1.34. The van der Waals surface area contributed by atoms with Gasteiger partial charge in [0.15, 0.2) is 6.29 Å². The van der Waals surface area contributed by atoms with Crippen molar-refractivity contribution in [3.05, 3.63) is 0 Å². The van der Waals surface area contributed by atoms with Crippen LogP contribution in [0.25, 0.3) is 0 Å². The van der Waals surface area contributed by atoms with Gasteiger partial charge < -0.3 is 20.1 Å². The first-order valence-corrected chi connectivity index (χ1v) is 3.81. The molecule has 0 unspecified atom stereocenters. The molecule has 1 aliphatic rings. The molecule has 0 bridgehead atoms. The highest BCUT2D eigenvalue weighted by atomic mass is 35.5. The molecule has 0 amide bonds. The van der Waals surface area contributed by atoms with Gasteiger partial charge in [0.2, 0.25) is 0 Å². The maximum absolute atomic E-state index is 9.17. The van der Waals surface area contributed by atoms with Crippen molar-refractivity contribution in [3.63, 3.8) is 0 Å². The van der Waals surface area contributed by atoms with Crippen molar-refractivity contribution >= 4 is 11.6 Å². The van der Waals surface area contributed by atoms with Crippen LogP contribution in [0.4, 0.5) is 0 Å². The summed E-state index contributed by atoms with van der Waals surface area (Å²) in [5, 5.41) is 26.5. The van der Waals surface area contributed by atoms with Gasteiger partial charge in [0, 0.05) is 0 Å². The number of halogens is 1. The van der Waals surface area contributed by atoms with Gasteiger partial charge in [0.1, 0.15) is 12.2 Å². The molecule has 1 rings (SSSR count). The van der Waals surface area contributed by atoms with Crippen LogP contribution in [0.2, 0.25) is 0 Å². The average Bonchev–Trinajstić information content (AvgIpc) is 1.97. The van der Waals surface area contributed by atoms with E-state index in [0.717, 1.165) is 0 Å². The predicted molar refractivity (Wildman–Crippen MR) is 38.2 cm³/mol. The summed E-state index contributed by atoms with van der Waals surface area (Å²) in [7, 11) is 0. The first-order valence-electron chi connectivity index (χ1n) is 3.37. The molecule has 0 aromatic carbocycles. The third-order valence-electron chi connectivity index (χ3n) is 1.77. The summed E-state index contributed by atoms with van der Waals surface area (Å²) in [5.74, 6) is 0. The maximum atomic E-state index is 9.17. The van der Waals surface area contributed by atoms with Gasteiger partial charge in [-0.1, -0.05) is 0 Å². The number of hydrogen-bond donors (Lipinski definition) is 3. The van der Waals surface area contributed by atoms with Crippen LogP contribution < -0.4 is 0 Å². The Morgan fingerprint density at radius 2 is 1.73 bits per heavy atom. The highest BCUT2D eigenvalue weighted by Crippen LogP contribution is 2.23. The second-order valence-corrected chi connectivity index (χ2v) is 3.16. The Hall–Kier alpha value is 0.130. The van der Waals surface area contributed by atoms with Crippen LogP contribution in [0, 0.1) is 0 Å². The molecule has 0 aromatic heterocycles. The van der Waals surface area contributed by atoms with Crippen molar-refractivity contribution < 1.29 is 20.1 Å². The van der Waals surface area contributed by atoms with E-state index in [-0.39, 0.29) is 0 Å². The zero-order valence-corrected chi connectivity index (χ0v) is 6.77. The van der Waals surface area contributed by atoms with Gasteiger partial charge in [-0.3, -0.25) is 0 Å². The third-order valence-corrected chi connectivity index (χ3v) is 2.38. The molecular weight excluding hydrogens is 172 g/mol. The first-order chi connectivity index (χ1) is 5.04. The van der Waals surface area contributed by atoms with E-state index in [2.05, 4.69) is 0 Å². The lowest BCUT2D eigenvalue weighted by molar-refractivity contribution is -0.240. The molecule has 1 saturated heterocycles. The van der Waals surface area contributed by atoms with Crippen LogP contribution in [-0.2, 0) is 4.74 Å². The van der Waals surface area contributed by atoms with E-state index in [1.54, 1.807) is 6.92 Å². The van der Waals surface area contributed by atoms with E-state index in [0.29, 0.717) is 0 Å². The lowest BCUT2D eigenvalue weighted by atomic mass is 10.0. The molecule has 5 heteroatoms. The fourth-order valence-corrected chi connectivity index (χ4v) is 1.22. The highest BCUT2D eigenvalue weighted by Gasteiger charge is 2.40. The molecule has 0 saturated carbocycles. The summed E-state index contributed by atoms with van der Waals surface area (Å²) in [5.41, 5.74) is 0. The Morgan fingerprint density at radius 1 is 1.18 bits per heavy atom. The topological polar surface area (TPSA) is 69.9 Å². The Labute approximate surface area is 69.4 Å². The molecule has 1 fully saturated rings. The van der Waals surface area contributed by atoms with Crippen LogP contribution in [-0.4, -0.2) is 45.3 Å². The molecule has 4 nitrogen and oxygen atoms in total. The third kappa shape index (κ3) is 1.65. The predicted octanol–water partition coefficient (Wildman–Crippen LogP) is -0.947. The van der Waals surface area contributed by atoms with Gasteiger partial charge in [-0.25, -0.2) is 0 Å². The normalized spacial score (nSPS) is 52.6. The lowest BCUT2D eigenvalue weighted by Gasteiger charge is -2.36. The van der Waals surface area contributed by atoms with Crippen LogP contribution in [0.1, 0.15) is 6.92 Å². The fourth-order valence-electron chi connectivity index (χ4n) is 1.01. The minimum absolute atomic E-state index is 0.454. The smallest absolute Gasteiger partial charge is 0.183 e. The number of hydrogen-bond acceptors (Lipinski definition) is 4. The lowest BCUT2D eigenvalue weighted by Crippen LogP contribution is -2.54. The van der Waals surface area contributed by atoms with Gasteiger partial charge in [0.25, 0.3) is 0 Å². The van der Waals surface area contributed by atoms with Crippen LogP contribution >= 0.6 is 11.6 Å². The highest BCUT2D eigenvalue weighted by molar-refractivity contribution is 6.21. The second-order valence-electron chi connectivity index (χ2n) is 2.66. The largest absolute Gasteiger partial charge is 0.389 e. The van der Waals surface area contributed by atoms with Gasteiger partial charge in [-0.05, 0) is 6.92 Å². The van der Waals surface area contributed by atoms with Gasteiger partial charge in [-0.15, -0.1) is 11.6 Å². The molecule has 1 aliphatic heterocycles. The van der Waals surface area contributed by atoms with E-state index < -0.39 is 30.0 Å². The molecule has 3 N–H and O–H groups in total. The summed E-state index contributed by atoms with van der Waals surface area (Å²) in [4.78, 5) is 0. The fraction of sp³-hybridized carbons (Fsp3) is 1.00. The zero-order chi connectivity index (χ0) is 8.59. The quantitative estimate of drug-likeness (QED) is 0.423. The van der Waals surface area contributed by atoms with Crippen molar-refractivity contribution in [1.82, 2.24) is 0 Å². The Morgan fingerprint density at radius 3 is 2.27 bits per heavy atom. The van der Waals surface area contributed by atoms with Crippen LogP contribution in [0.5, 0.6) is 0 Å². The molecular formula is C6H11ClO4. The van der Waals surface area contributed by atoms with Gasteiger partial charge >= 0.3 is 0 Å². The van der Waals surface area contributed by atoms with Crippen molar-refractivity contribution in [2.24, 2.45) is 0 Å². The zero-order valence-electron chi connectivity index (χ0n) is 6.01. The van der Waals surface area contributed by atoms with Crippen LogP contribution in [0.15, 0.2) is 0 Å². The molecule has 1 heterocycles. The summed E-state index contributed by atoms with van der Waals surface area (Å²) >= 11 is 5.63. The monoisotopic (exact) mass is 182 g/mol. The first kappa shape index (κ1) is 9.22. The SMILES string of the molecule is C[C@H]1O[C@@H](O)[C@H](O)[C@@H](O)[C@H]1Cl. The van der Waals surface area contributed by atoms with Crippen LogP contribution in [0.3, 0.4) is 0 Å². The molecule has 0 aromatic rings. The van der Waals surface area contributed by atoms with E-state index in [4.69, 9.17) is 31.7 Å². The van der Waals surface area contributed by atoms with Crippen molar-refractivity contribution in [2.75, 3.05) is 0 Å². The van der Waals surface area contributed by atoms with Crippen molar-refractivity contribution in [3.8, 4) is 0 Å². The Kier molecular flexibility index (Phi) is 2.72. The molecule has 0 radical (unpaired) electrons. The molecule has 0 aliphatic carbocycles.